The Bertz CT molecular complexity index is 1090. The summed E-state index contributed by atoms with van der Waals surface area (Å²) in [5.41, 5.74) is 0.264. The fourth-order valence-corrected chi connectivity index (χ4v) is 2.97. The first-order chi connectivity index (χ1) is 13.9. The molecule has 0 fully saturated rings. The summed E-state index contributed by atoms with van der Waals surface area (Å²) in [5.74, 6) is 0.215. The molecule has 8 heteroatoms. The number of aromatic nitrogens is 4. The van der Waals surface area contributed by atoms with Crippen molar-refractivity contribution in [3.05, 3.63) is 42.4 Å². The lowest BCUT2D eigenvalue weighted by molar-refractivity contribution is 0.0548. The molecule has 1 aromatic carbocycles. The van der Waals surface area contributed by atoms with E-state index in [0.29, 0.717) is 16.9 Å². The molecule has 2 heterocycles. The van der Waals surface area contributed by atoms with E-state index in [1.807, 2.05) is 71.9 Å². The molecule has 3 aromatic rings. The third-order valence-corrected chi connectivity index (χ3v) is 4.16. The number of fused-ring (bicyclic) bond motifs is 1. The van der Waals surface area contributed by atoms with Gasteiger partial charge in [0.2, 0.25) is 0 Å². The number of rotatable bonds is 3. The van der Waals surface area contributed by atoms with E-state index in [4.69, 9.17) is 4.74 Å². The van der Waals surface area contributed by atoms with Crippen molar-refractivity contribution in [3.8, 4) is 5.69 Å². The largest absolute Gasteiger partial charge is 0.443 e. The van der Waals surface area contributed by atoms with Crippen LogP contribution in [0.2, 0.25) is 0 Å². The maximum Gasteiger partial charge on any atom is 0.416 e. The smallest absolute Gasteiger partial charge is 0.416 e. The molecule has 30 heavy (non-hydrogen) atoms. The molecule has 158 valence electrons. The van der Waals surface area contributed by atoms with E-state index in [0.717, 1.165) is 5.69 Å². The molecule has 3 rings (SSSR count). The van der Waals surface area contributed by atoms with Gasteiger partial charge < -0.3 is 4.74 Å². The van der Waals surface area contributed by atoms with Crippen LogP contribution in [-0.2, 0) is 4.74 Å². The summed E-state index contributed by atoms with van der Waals surface area (Å²) in [6.07, 6.45) is 0.967. The van der Waals surface area contributed by atoms with E-state index >= 15 is 0 Å². The minimum Gasteiger partial charge on any atom is -0.443 e. The number of hydrogen-bond acceptors (Lipinski definition) is 6. The number of anilines is 1. The van der Waals surface area contributed by atoms with Crippen LogP contribution in [0.3, 0.4) is 0 Å². The highest BCUT2D eigenvalue weighted by Crippen LogP contribution is 2.34. The van der Waals surface area contributed by atoms with Gasteiger partial charge in [-0.25, -0.2) is 19.4 Å². The number of Topliss-reactive ketones (excluding diaryl/α,β-unsaturated/α-hetero) is 1. The van der Waals surface area contributed by atoms with Gasteiger partial charge in [-0.1, -0.05) is 18.2 Å². The normalized spacial score (nSPS) is 12.1. The quantitative estimate of drug-likeness (QED) is 0.589. The Hall–Kier alpha value is -3.29. The van der Waals surface area contributed by atoms with Crippen LogP contribution in [0.4, 0.5) is 10.6 Å². The predicted molar refractivity (Wildman–Crippen MR) is 115 cm³/mol. The summed E-state index contributed by atoms with van der Waals surface area (Å²) in [5, 5.41) is 4.63. The summed E-state index contributed by atoms with van der Waals surface area (Å²) < 4.78 is 7.34. The first-order valence-electron chi connectivity index (χ1n) is 9.74. The van der Waals surface area contributed by atoms with Crippen molar-refractivity contribution in [1.82, 2.24) is 19.7 Å². The summed E-state index contributed by atoms with van der Waals surface area (Å²) in [6, 6.07) is 9.42. The van der Waals surface area contributed by atoms with Crippen molar-refractivity contribution in [2.75, 3.05) is 4.90 Å². The number of para-hydroxylation sites is 1. The van der Waals surface area contributed by atoms with Gasteiger partial charge >= 0.3 is 6.09 Å². The molecule has 0 saturated carbocycles. The molecule has 0 N–H and O–H groups in total. The molecule has 0 saturated heterocycles. The van der Waals surface area contributed by atoms with Crippen LogP contribution < -0.4 is 4.90 Å². The first-order valence-corrected chi connectivity index (χ1v) is 9.74. The zero-order valence-corrected chi connectivity index (χ0v) is 18.4. The average molecular weight is 409 g/mol. The first kappa shape index (κ1) is 21.4. The third kappa shape index (κ3) is 4.32. The lowest BCUT2D eigenvalue weighted by atomic mass is 10.1. The van der Waals surface area contributed by atoms with Crippen LogP contribution in [0.25, 0.3) is 16.7 Å². The number of ketones is 1. The number of amides is 1. The van der Waals surface area contributed by atoms with Crippen LogP contribution in [0.1, 0.15) is 59.1 Å². The molecule has 0 spiro atoms. The van der Waals surface area contributed by atoms with Gasteiger partial charge in [-0.05, 0) is 53.7 Å². The lowest BCUT2D eigenvalue weighted by Gasteiger charge is -2.36. The molecule has 0 aliphatic carbocycles. The molecule has 0 aliphatic rings. The maximum absolute atomic E-state index is 13.3. The van der Waals surface area contributed by atoms with Crippen LogP contribution in [0.15, 0.2) is 36.5 Å². The van der Waals surface area contributed by atoms with Crippen LogP contribution in [0.5, 0.6) is 0 Å². The van der Waals surface area contributed by atoms with Gasteiger partial charge in [0.25, 0.3) is 0 Å². The van der Waals surface area contributed by atoms with E-state index in [9.17, 15) is 9.59 Å². The Labute approximate surface area is 175 Å². The number of benzene rings is 1. The van der Waals surface area contributed by atoms with Crippen LogP contribution >= 0.6 is 0 Å². The Morgan fingerprint density at radius 1 is 1.03 bits per heavy atom. The van der Waals surface area contributed by atoms with Gasteiger partial charge in [-0.2, -0.15) is 5.10 Å². The van der Waals surface area contributed by atoms with Crippen molar-refractivity contribution in [1.29, 1.82) is 0 Å². The Morgan fingerprint density at radius 3 is 2.20 bits per heavy atom. The van der Waals surface area contributed by atoms with Gasteiger partial charge in [0.15, 0.2) is 17.4 Å². The zero-order chi connectivity index (χ0) is 22.3. The van der Waals surface area contributed by atoms with E-state index in [1.165, 1.54) is 18.0 Å². The van der Waals surface area contributed by atoms with Gasteiger partial charge in [0, 0.05) is 12.5 Å². The average Bonchev–Trinajstić information content (AvgIpc) is 2.98. The Kier molecular flexibility index (Phi) is 5.36. The van der Waals surface area contributed by atoms with Crippen LogP contribution in [0, 0.1) is 0 Å². The van der Waals surface area contributed by atoms with Crippen molar-refractivity contribution < 1.29 is 14.3 Å². The monoisotopic (exact) mass is 409 g/mol. The lowest BCUT2D eigenvalue weighted by Crippen LogP contribution is -2.49. The summed E-state index contributed by atoms with van der Waals surface area (Å²) in [4.78, 5) is 35.3. The van der Waals surface area contributed by atoms with Crippen molar-refractivity contribution >= 4 is 28.7 Å². The second-order valence-electron chi connectivity index (χ2n) is 9.04. The molecule has 0 unspecified atom stereocenters. The SMILES string of the molecule is CC(=O)c1ncc2nn(-c3ccccc3)c(N(C(=O)OC(C)(C)C)C(C)(C)C)c2n1. The number of ether oxygens (including phenoxy) is 1. The highest BCUT2D eigenvalue weighted by molar-refractivity contribution is 6.00. The molecule has 0 bridgehead atoms. The number of nitrogens with zero attached hydrogens (tertiary/aromatic N) is 5. The second-order valence-corrected chi connectivity index (χ2v) is 9.04. The number of hydrogen-bond donors (Lipinski definition) is 0. The summed E-state index contributed by atoms with van der Waals surface area (Å²) in [6.45, 7) is 12.5. The zero-order valence-electron chi connectivity index (χ0n) is 18.4. The molecular weight excluding hydrogens is 382 g/mol. The van der Waals surface area contributed by atoms with Gasteiger partial charge in [-0.3, -0.25) is 9.69 Å². The Balaban J connectivity index is 2.34. The summed E-state index contributed by atoms with van der Waals surface area (Å²) in [7, 11) is 0. The molecule has 0 radical (unpaired) electrons. The predicted octanol–water partition coefficient (Wildman–Crippen LogP) is 4.56. The number of carbonyl (C=O) groups is 2. The van der Waals surface area contributed by atoms with Gasteiger partial charge in [0.1, 0.15) is 16.6 Å². The second kappa shape index (κ2) is 7.51. The fourth-order valence-electron chi connectivity index (χ4n) is 2.97. The highest BCUT2D eigenvalue weighted by Gasteiger charge is 2.37. The molecule has 0 atom stereocenters. The van der Waals surface area contributed by atoms with Gasteiger partial charge in [-0.15, -0.1) is 0 Å². The van der Waals surface area contributed by atoms with E-state index in [1.54, 1.807) is 4.68 Å². The molecule has 1 amide bonds. The van der Waals surface area contributed by atoms with Gasteiger partial charge in [0.05, 0.1) is 11.9 Å². The Morgan fingerprint density at radius 2 is 1.67 bits per heavy atom. The van der Waals surface area contributed by atoms with Crippen LogP contribution in [-0.4, -0.2) is 42.8 Å². The topological polar surface area (TPSA) is 90.2 Å². The molecule has 0 aliphatic heterocycles. The van der Waals surface area contributed by atoms with Crippen molar-refractivity contribution in [2.24, 2.45) is 0 Å². The fraction of sp³-hybridized carbons (Fsp3) is 0.409. The maximum atomic E-state index is 13.3. The van der Waals surface area contributed by atoms with E-state index in [-0.39, 0.29) is 11.6 Å². The third-order valence-electron chi connectivity index (χ3n) is 4.16. The minimum absolute atomic E-state index is 0.0643. The molecule has 2 aromatic heterocycles. The summed E-state index contributed by atoms with van der Waals surface area (Å²) >= 11 is 0. The molecule has 8 nitrogen and oxygen atoms in total. The minimum atomic E-state index is -0.687. The van der Waals surface area contributed by atoms with E-state index < -0.39 is 17.2 Å². The highest BCUT2D eigenvalue weighted by atomic mass is 16.6. The van der Waals surface area contributed by atoms with E-state index in [2.05, 4.69) is 15.1 Å². The van der Waals surface area contributed by atoms with Crippen molar-refractivity contribution in [3.63, 3.8) is 0 Å². The molecular formula is C22H27N5O3. The number of carbonyl (C=O) groups excluding carboxylic acids is 2. The standard InChI is InChI=1S/C22H27N5O3/c1-14(28)18-23-13-16-17(24-18)19(27(25-16)15-11-9-8-10-12-15)26(21(2,3)4)20(29)30-22(5,6)7/h8-13H,1-7H3. The van der Waals surface area contributed by atoms with Crippen molar-refractivity contribution in [2.45, 2.75) is 59.6 Å².